The Kier molecular flexibility index (Phi) is 14.3. The molecule has 0 saturated carbocycles. The van der Waals surface area contributed by atoms with Crippen molar-refractivity contribution in [2.45, 2.75) is 95.7 Å². The highest BCUT2D eigenvalue weighted by molar-refractivity contribution is 8.15. The van der Waals surface area contributed by atoms with Crippen molar-refractivity contribution in [1.29, 1.82) is 6.74 Å². The molecule has 3 rings (SSSR count). The van der Waals surface area contributed by atoms with E-state index < -0.39 is 91.8 Å². The summed E-state index contributed by atoms with van der Waals surface area (Å²) in [6.07, 6.45) is -13.4. The zero-order valence-corrected chi connectivity index (χ0v) is 27.4. The van der Waals surface area contributed by atoms with Gasteiger partial charge in [0.2, 0.25) is 13.4 Å². The third kappa shape index (κ3) is 10.5. The van der Waals surface area contributed by atoms with E-state index in [9.17, 15) is 24.7 Å². The van der Waals surface area contributed by atoms with Gasteiger partial charge in [0, 0.05) is 32.6 Å². The maximum Gasteiger partial charge on any atom is 0.338 e. The summed E-state index contributed by atoms with van der Waals surface area (Å²) in [5, 5.41) is 11.6. The van der Waals surface area contributed by atoms with E-state index >= 15 is 0 Å². The largest absolute Gasteiger partial charge is 0.467 e. The van der Waals surface area contributed by atoms with E-state index in [1.165, 1.54) is 6.92 Å². The Morgan fingerprint density at radius 1 is 0.958 bits per heavy atom. The molecule has 1 radical (unpaired) electrons. The van der Waals surface area contributed by atoms with Gasteiger partial charge < -0.3 is 46.8 Å². The summed E-state index contributed by atoms with van der Waals surface area (Å²) in [5.74, 6) is -3.66. The predicted octanol–water partition coefficient (Wildman–Crippen LogP) is 1.55. The van der Waals surface area contributed by atoms with E-state index in [2.05, 4.69) is 10.0 Å². The standard InChI is InChI=1S/C28H36BN4O14S/c1-13(30)41-28-25(43-16(4)36)22(40-11-17-9-7-6-8-10-17)23(24(46-28)26(37)38-5)45-27-19(32-33-31)21(42-15(3)35)20(47-48-29)18(44-27)12-39-14(2)34/h6-10,18-25,27-30H,11-12H2,1-5H3/t18?,19?,20-,21+,22+,23+,24?,25?,27-,28+/m0/s1/i29T. The number of azide groups is 1. The summed E-state index contributed by atoms with van der Waals surface area (Å²) in [4.78, 5) is 52.4. The minimum absolute atomic E-state index is 0.111. The van der Waals surface area contributed by atoms with Crippen molar-refractivity contribution in [2.75, 3.05) is 13.7 Å². The molecule has 2 fully saturated rings. The molecule has 4 unspecified atom stereocenters. The van der Waals surface area contributed by atoms with Crippen molar-refractivity contribution in [3.8, 4) is 0 Å². The zero-order chi connectivity index (χ0) is 36.1. The third-order valence-corrected chi connectivity index (χ3v) is 7.15. The molecule has 0 bridgehead atoms. The Labute approximate surface area is 282 Å². The lowest BCUT2D eigenvalue weighted by atomic mass is 9.95. The third-order valence-electron chi connectivity index (χ3n) is 6.82. The van der Waals surface area contributed by atoms with E-state index in [1.807, 2.05) is 0 Å². The molecule has 18 nitrogen and oxygen atoms in total. The fraction of sp³-hybridized carbons (Fsp3) is 0.607. The van der Waals surface area contributed by atoms with E-state index in [-0.39, 0.29) is 12.5 Å². The lowest BCUT2D eigenvalue weighted by Crippen LogP contribution is -2.66. The Balaban J connectivity index is 2.15. The fourth-order valence-electron chi connectivity index (χ4n) is 4.99. The maximum atomic E-state index is 13.2. The van der Waals surface area contributed by atoms with Crippen LogP contribution in [0, 0.1) is 5.41 Å². The molecule has 0 spiro atoms. The van der Waals surface area contributed by atoms with Gasteiger partial charge in [0.1, 0.15) is 43.2 Å². The highest BCUT2D eigenvalue weighted by atomic mass is 32.2. The van der Waals surface area contributed by atoms with Gasteiger partial charge in [-0.2, -0.15) is 0 Å². The van der Waals surface area contributed by atoms with Crippen LogP contribution >= 0.6 is 11.9 Å². The quantitative estimate of drug-likeness (QED) is 0.0315. The normalized spacial score (nSPS) is 30.0. The molecular weight excluding hydrogens is 659 g/mol. The van der Waals surface area contributed by atoms with E-state index in [1.54, 1.807) is 30.3 Å². The van der Waals surface area contributed by atoms with Gasteiger partial charge in [-0.25, -0.2) is 4.79 Å². The van der Waals surface area contributed by atoms with Crippen LogP contribution in [-0.4, -0.2) is 113 Å². The number of carbonyl (C=O) groups excluding carboxylic acids is 4. The fourth-order valence-corrected chi connectivity index (χ4v) is 5.35. The summed E-state index contributed by atoms with van der Waals surface area (Å²) in [6, 6.07) is 7.28. The number of methoxy groups -OCH3 is 1. The van der Waals surface area contributed by atoms with Gasteiger partial charge in [-0.3, -0.25) is 19.8 Å². The molecule has 2 aliphatic rings. The Bertz CT molecular complexity index is 1360. The minimum atomic E-state index is -1.70. The minimum Gasteiger partial charge on any atom is -0.467 e. The van der Waals surface area contributed by atoms with Crippen molar-refractivity contribution in [3.63, 3.8) is 0 Å². The Hall–Kier alpha value is -3.91. The number of esters is 4. The summed E-state index contributed by atoms with van der Waals surface area (Å²) >= 11 is 0.537. The van der Waals surface area contributed by atoms with Crippen LogP contribution in [0.2, 0.25) is 0 Å². The van der Waals surface area contributed by atoms with E-state index in [4.69, 9.17) is 53.6 Å². The maximum absolute atomic E-state index is 13.2. The Morgan fingerprint density at radius 3 is 2.23 bits per heavy atom. The zero-order valence-electron chi connectivity index (χ0n) is 27.6. The molecule has 1 aromatic rings. The lowest BCUT2D eigenvalue weighted by molar-refractivity contribution is -0.337. The van der Waals surface area contributed by atoms with Crippen LogP contribution in [-0.2, 0) is 72.6 Å². The molecular formula is C28H36BN4O14S. The molecule has 10 atom stereocenters. The number of rotatable bonds is 15. The average molecular weight is 697 g/mol. The first-order valence-electron chi connectivity index (χ1n) is 14.9. The first-order valence-corrected chi connectivity index (χ1v) is 15.2. The van der Waals surface area contributed by atoms with Crippen molar-refractivity contribution < 1.29 is 66.0 Å². The molecule has 2 saturated heterocycles. The molecule has 0 amide bonds. The van der Waals surface area contributed by atoms with Crippen molar-refractivity contribution in [1.82, 2.24) is 0 Å². The monoisotopic (exact) mass is 697 g/mol. The number of nitrogens with zero attached hydrogens (tertiary/aromatic N) is 3. The van der Waals surface area contributed by atoms with Crippen LogP contribution in [0.4, 0.5) is 0 Å². The summed E-state index contributed by atoms with van der Waals surface area (Å²) in [5.41, 5.74) is 10.2. The molecule has 0 aliphatic carbocycles. The highest BCUT2D eigenvalue weighted by Crippen LogP contribution is 2.36. The molecule has 1 N–H and O–H groups in total. The van der Waals surface area contributed by atoms with Crippen LogP contribution in [0.5, 0.6) is 0 Å². The Morgan fingerprint density at radius 2 is 1.65 bits per heavy atom. The second kappa shape index (κ2) is 18.6. The summed E-state index contributed by atoms with van der Waals surface area (Å²) in [6.45, 7) is 4.05. The second-order valence-corrected chi connectivity index (χ2v) is 10.7. The van der Waals surface area contributed by atoms with Gasteiger partial charge >= 0.3 is 23.9 Å². The summed E-state index contributed by atoms with van der Waals surface area (Å²) in [7, 11) is 1.91. The average Bonchev–Trinajstić information content (AvgIpc) is 3.04. The van der Waals surface area contributed by atoms with Crippen molar-refractivity contribution in [3.05, 3.63) is 46.3 Å². The smallest absolute Gasteiger partial charge is 0.338 e. The SMILES string of the molecule is [3H][B]SO[C@H]1C(COC(C)=O)O[C@@H](O[C@H]2C(C(=O)OC)O[C@@H](OC(C)=N)C(OC(C)=O)[C@@H]2OCc2ccccc2)C(N=[N+]=[N-])[C@H]1OC(C)=O. The second-order valence-electron chi connectivity index (χ2n) is 10.3. The van der Waals surface area contributed by atoms with E-state index in [0.29, 0.717) is 17.5 Å². The van der Waals surface area contributed by atoms with Gasteiger partial charge in [0.05, 0.1) is 13.7 Å². The van der Waals surface area contributed by atoms with Crippen LogP contribution in [0.3, 0.4) is 0 Å². The van der Waals surface area contributed by atoms with Crippen LogP contribution in [0.25, 0.3) is 10.4 Å². The van der Waals surface area contributed by atoms with Crippen molar-refractivity contribution in [2.24, 2.45) is 5.11 Å². The molecule has 1 aromatic carbocycles. The first kappa shape index (κ1) is 36.9. The van der Waals surface area contributed by atoms with E-state index in [0.717, 1.165) is 35.0 Å². The molecule has 2 heterocycles. The van der Waals surface area contributed by atoms with Gasteiger partial charge in [-0.15, -0.1) is 0 Å². The number of carbonyl (C=O) groups is 4. The highest BCUT2D eigenvalue weighted by Gasteiger charge is 2.57. The van der Waals surface area contributed by atoms with Gasteiger partial charge in [-0.05, 0) is 12.4 Å². The number of hydrogen-bond donors (Lipinski definition) is 1. The van der Waals surface area contributed by atoms with Crippen LogP contribution in [0.1, 0.15) is 33.3 Å². The van der Waals surface area contributed by atoms with Crippen LogP contribution < -0.4 is 0 Å². The number of nitrogens with one attached hydrogen (secondary N) is 1. The first-order chi connectivity index (χ1) is 23.4. The molecule has 2 aliphatic heterocycles. The molecule has 0 aromatic heterocycles. The van der Waals surface area contributed by atoms with Crippen LogP contribution in [0.15, 0.2) is 35.4 Å². The van der Waals surface area contributed by atoms with Gasteiger partial charge in [-0.1, -0.05) is 47.3 Å². The predicted molar refractivity (Wildman–Crippen MR) is 164 cm³/mol. The van der Waals surface area contributed by atoms with Gasteiger partial charge in [0.15, 0.2) is 24.4 Å². The lowest BCUT2D eigenvalue weighted by Gasteiger charge is -2.48. The molecule has 20 heteroatoms. The molecule has 261 valence electrons. The number of benzene rings is 1. The van der Waals surface area contributed by atoms with Crippen molar-refractivity contribution >= 4 is 48.8 Å². The summed E-state index contributed by atoms with van der Waals surface area (Å²) < 4.78 is 64.2. The number of ether oxygens (including phenoxy) is 9. The van der Waals surface area contributed by atoms with Gasteiger partial charge in [0.25, 0.3) is 0 Å². The topological polar surface area (TPSA) is 233 Å². The number of hydrogen-bond acceptors (Lipinski definition) is 17. The molecule has 48 heavy (non-hydrogen) atoms.